The number of aromatic carboxylic acids is 1. The first-order valence-corrected chi connectivity index (χ1v) is 8.68. The first kappa shape index (κ1) is 17.7. The Kier molecular flexibility index (Phi) is 5.37. The zero-order valence-corrected chi connectivity index (χ0v) is 14.6. The Hall–Kier alpha value is -3.07. The van der Waals surface area contributed by atoms with Crippen LogP contribution in [0.5, 0.6) is 0 Å². The summed E-state index contributed by atoms with van der Waals surface area (Å²) >= 11 is 1.16. The molecule has 1 aromatic carbocycles. The Labute approximate surface area is 152 Å². The van der Waals surface area contributed by atoms with Gasteiger partial charge in [0.2, 0.25) is 5.82 Å². The van der Waals surface area contributed by atoms with Crippen LogP contribution in [0.4, 0.5) is 0 Å². The molecule has 3 aromatic rings. The smallest absolute Gasteiger partial charge is 0.316 e. The van der Waals surface area contributed by atoms with Crippen LogP contribution < -0.4 is 5.11 Å². The standard InChI is InChI=1S/C17H15N3O5S/c1-2-24-14(21)10-26-17-19-18-15(13-4-3-9-25-13)20(17)12-7-5-11(6-8-12)16(22)23/h3-9H,2,10H2,1H3,(H,22,23)/p-1. The molecule has 134 valence electrons. The molecule has 2 aromatic heterocycles. The van der Waals surface area contributed by atoms with Crippen LogP contribution in [0.3, 0.4) is 0 Å². The van der Waals surface area contributed by atoms with Crippen LogP contribution in [0.25, 0.3) is 17.3 Å². The number of thioether (sulfide) groups is 1. The highest BCUT2D eigenvalue weighted by Crippen LogP contribution is 2.28. The van der Waals surface area contributed by atoms with E-state index in [0.29, 0.717) is 29.0 Å². The first-order chi connectivity index (χ1) is 12.6. The third kappa shape index (κ3) is 3.77. The first-order valence-electron chi connectivity index (χ1n) is 7.69. The SMILES string of the molecule is CCOC(=O)CSc1nnc(-c2ccco2)n1-c1ccc(C(=O)[O-])cc1. The van der Waals surface area contributed by atoms with Gasteiger partial charge in [0.1, 0.15) is 0 Å². The summed E-state index contributed by atoms with van der Waals surface area (Å²) in [5, 5.41) is 19.6. The second kappa shape index (κ2) is 7.87. The number of rotatable bonds is 7. The molecule has 0 bridgehead atoms. The number of esters is 1. The summed E-state index contributed by atoms with van der Waals surface area (Å²) in [6.45, 7) is 2.04. The van der Waals surface area contributed by atoms with E-state index in [2.05, 4.69) is 10.2 Å². The minimum absolute atomic E-state index is 0.0575. The summed E-state index contributed by atoms with van der Waals surface area (Å²) < 4.78 is 12.0. The minimum atomic E-state index is -1.26. The van der Waals surface area contributed by atoms with Gasteiger partial charge in [-0.25, -0.2) is 0 Å². The second-order valence-corrected chi connectivity index (χ2v) is 5.99. The van der Waals surface area contributed by atoms with E-state index in [4.69, 9.17) is 9.15 Å². The molecule has 0 unspecified atom stereocenters. The van der Waals surface area contributed by atoms with Gasteiger partial charge in [-0.3, -0.25) is 9.36 Å². The van der Waals surface area contributed by atoms with Crippen LogP contribution in [-0.4, -0.2) is 39.1 Å². The average molecular weight is 372 g/mol. The third-order valence-electron chi connectivity index (χ3n) is 3.36. The number of carbonyl (C=O) groups excluding carboxylic acids is 2. The van der Waals surface area contributed by atoms with Crippen LogP contribution >= 0.6 is 11.8 Å². The monoisotopic (exact) mass is 372 g/mol. The molecule has 0 amide bonds. The van der Waals surface area contributed by atoms with Crippen LogP contribution in [0.15, 0.2) is 52.2 Å². The number of nitrogens with zero attached hydrogens (tertiary/aromatic N) is 3. The van der Waals surface area contributed by atoms with E-state index in [-0.39, 0.29) is 17.3 Å². The van der Waals surface area contributed by atoms with Gasteiger partial charge in [0.15, 0.2) is 10.9 Å². The van der Waals surface area contributed by atoms with Crippen LogP contribution in [0.1, 0.15) is 17.3 Å². The maximum Gasteiger partial charge on any atom is 0.316 e. The van der Waals surface area contributed by atoms with E-state index >= 15 is 0 Å². The number of carboxylic acids is 1. The van der Waals surface area contributed by atoms with Gasteiger partial charge in [-0.05, 0) is 36.8 Å². The topological polar surface area (TPSA) is 110 Å². The number of aromatic nitrogens is 3. The molecule has 0 atom stereocenters. The Balaban J connectivity index is 1.98. The fraction of sp³-hybridized carbons (Fsp3) is 0.176. The van der Waals surface area contributed by atoms with Gasteiger partial charge in [-0.15, -0.1) is 10.2 Å². The number of benzene rings is 1. The molecule has 3 rings (SSSR count). The molecule has 8 nitrogen and oxygen atoms in total. The van der Waals surface area contributed by atoms with E-state index in [1.54, 1.807) is 35.8 Å². The number of ether oxygens (including phenoxy) is 1. The lowest BCUT2D eigenvalue weighted by Crippen LogP contribution is -2.22. The average Bonchev–Trinajstić information content (AvgIpc) is 3.29. The van der Waals surface area contributed by atoms with Crippen molar-refractivity contribution in [3.05, 3.63) is 48.2 Å². The Morgan fingerprint density at radius 3 is 2.62 bits per heavy atom. The van der Waals surface area contributed by atoms with Gasteiger partial charge in [0.05, 0.1) is 24.6 Å². The summed E-state index contributed by atoms with van der Waals surface area (Å²) in [6.07, 6.45) is 1.51. The predicted octanol–water partition coefficient (Wildman–Crippen LogP) is 1.55. The van der Waals surface area contributed by atoms with Crippen LogP contribution in [-0.2, 0) is 9.53 Å². The van der Waals surface area contributed by atoms with Crippen molar-refractivity contribution in [2.45, 2.75) is 12.1 Å². The molecule has 0 aliphatic rings. The Morgan fingerprint density at radius 2 is 2.00 bits per heavy atom. The Bertz CT molecular complexity index is 903. The molecule has 0 N–H and O–H groups in total. The number of hydrogen-bond acceptors (Lipinski definition) is 8. The number of carboxylic acid groups (broad SMARTS) is 1. The van der Waals surface area contributed by atoms with E-state index in [1.165, 1.54) is 18.4 Å². The normalized spacial score (nSPS) is 10.7. The summed E-state index contributed by atoms with van der Waals surface area (Å²) in [4.78, 5) is 22.6. The molecule has 9 heteroatoms. The van der Waals surface area contributed by atoms with Crippen LogP contribution in [0, 0.1) is 0 Å². The van der Waals surface area contributed by atoms with Crippen molar-refractivity contribution in [3.63, 3.8) is 0 Å². The van der Waals surface area contributed by atoms with Crippen molar-refractivity contribution >= 4 is 23.7 Å². The molecule has 0 saturated heterocycles. The lowest BCUT2D eigenvalue weighted by atomic mass is 10.2. The van der Waals surface area contributed by atoms with E-state index in [0.717, 1.165) is 11.8 Å². The molecular formula is C17H14N3O5S-. The fourth-order valence-electron chi connectivity index (χ4n) is 2.23. The molecule has 0 aliphatic heterocycles. The predicted molar refractivity (Wildman–Crippen MR) is 90.7 cm³/mol. The summed E-state index contributed by atoms with van der Waals surface area (Å²) in [7, 11) is 0. The number of carbonyl (C=O) groups is 2. The zero-order chi connectivity index (χ0) is 18.5. The summed E-state index contributed by atoms with van der Waals surface area (Å²) in [6, 6.07) is 9.52. The molecular weight excluding hydrogens is 358 g/mol. The highest BCUT2D eigenvalue weighted by atomic mass is 32.2. The lowest BCUT2D eigenvalue weighted by molar-refractivity contribution is -0.255. The van der Waals surface area contributed by atoms with Crippen molar-refractivity contribution in [2.75, 3.05) is 12.4 Å². The van der Waals surface area contributed by atoms with Gasteiger partial charge >= 0.3 is 5.97 Å². The molecule has 26 heavy (non-hydrogen) atoms. The molecule has 0 saturated carbocycles. The van der Waals surface area contributed by atoms with Crippen LogP contribution in [0.2, 0.25) is 0 Å². The van der Waals surface area contributed by atoms with Gasteiger partial charge in [0, 0.05) is 5.69 Å². The van der Waals surface area contributed by atoms with Crippen molar-refractivity contribution in [2.24, 2.45) is 0 Å². The molecule has 0 radical (unpaired) electrons. The van der Waals surface area contributed by atoms with E-state index < -0.39 is 5.97 Å². The molecule has 2 heterocycles. The minimum Gasteiger partial charge on any atom is -0.545 e. The van der Waals surface area contributed by atoms with Crippen molar-refractivity contribution in [3.8, 4) is 17.3 Å². The van der Waals surface area contributed by atoms with Gasteiger partial charge in [-0.2, -0.15) is 0 Å². The van der Waals surface area contributed by atoms with Crippen molar-refractivity contribution < 1.29 is 23.8 Å². The lowest BCUT2D eigenvalue weighted by Gasteiger charge is -2.10. The number of furan rings is 1. The second-order valence-electron chi connectivity index (χ2n) is 5.05. The highest BCUT2D eigenvalue weighted by molar-refractivity contribution is 7.99. The Morgan fingerprint density at radius 1 is 1.23 bits per heavy atom. The van der Waals surface area contributed by atoms with E-state index in [1.807, 2.05) is 0 Å². The molecule has 0 fully saturated rings. The molecule has 0 aliphatic carbocycles. The van der Waals surface area contributed by atoms with Gasteiger partial charge in [-0.1, -0.05) is 23.9 Å². The number of hydrogen-bond donors (Lipinski definition) is 0. The zero-order valence-electron chi connectivity index (χ0n) is 13.7. The fourth-order valence-corrected chi connectivity index (χ4v) is 2.98. The van der Waals surface area contributed by atoms with Crippen molar-refractivity contribution in [1.82, 2.24) is 14.8 Å². The summed E-state index contributed by atoms with van der Waals surface area (Å²) in [5.41, 5.74) is 0.680. The molecule has 0 spiro atoms. The van der Waals surface area contributed by atoms with Gasteiger partial charge in [0.25, 0.3) is 0 Å². The highest BCUT2D eigenvalue weighted by Gasteiger charge is 2.19. The van der Waals surface area contributed by atoms with Gasteiger partial charge < -0.3 is 19.1 Å². The third-order valence-corrected chi connectivity index (χ3v) is 4.26. The quantitative estimate of drug-likeness (QED) is 0.454. The maximum absolute atomic E-state index is 11.6. The summed E-state index contributed by atoms with van der Waals surface area (Å²) in [5.74, 6) is -0.629. The largest absolute Gasteiger partial charge is 0.545 e. The van der Waals surface area contributed by atoms with Crippen molar-refractivity contribution in [1.29, 1.82) is 0 Å². The van der Waals surface area contributed by atoms with E-state index in [9.17, 15) is 14.7 Å². The maximum atomic E-state index is 11.6.